The second kappa shape index (κ2) is 5.22. The third kappa shape index (κ3) is 4.27. The molecule has 0 spiro atoms. The molecule has 0 aliphatic heterocycles. The molecule has 0 radical (unpaired) electrons. The summed E-state index contributed by atoms with van der Waals surface area (Å²) < 4.78 is 0. The van der Waals surface area contributed by atoms with Crippen molar-refractivity contribution in [2.75, 3.05) is 5.32 Å². The molecule has 13 heavy (non-hydrogen) atoms. The van der Waals surface area contributed by atoms with E-state index in [4.69, 9.17) is 0 Å². The number of aromatic nitrogens is 1. The van der Waals surface area contributed by atoms with Gasteiger partial charge < -0.3 is 5.32 Å². The highest BCUT2D eigenvalue weighted by Gasteiger charge is 2.04. The normalized spacial score (nSPS) is 13.2. The number of hydrogen-bond acceptors (Lipinski definition) is 3. The lowest BCUT2D eigenvalue weighted by atomic mass is 10.0. The van der Waals surface area contributed by atoms with E-state index >= 15 is 0 Å². The lowest BCUT2D eigenvalue weighted by molar-refractivity contribution is 0.527. The highest BCUT2D eigenvalue weighted by atomic mass is 32.1. The number of thiazole rings is 1. The molecule has 0 saturated carbocycles. The smallest absolute Gasteiger partial charge is 0.182 e. The summed E-state index contributed by atoms with van der Waals surface area (Å²) in [4.78, 5) is 4.19. The van der Waals surface area contributed by atoms with Gasteiger partial charge in [0.1, 0.15) is 0 Å². The van der Waals surface area contributed by atoms with E-state index in [0.717, 1.165) is 11.0 Å². The van der Waals surface area contributed by atoms with Gasteiger partial charge >= 0.3 is 0 Å². The molecule has 1 aromatic rings. The van der Waals surface area contributed by atoms with Crippen LogP contribution in [0.15, 0.2) is 11.6 Å². The van der Waals surface area contributed by atoms with E-state index in [-0.39, 0.29) is 0 Å². The van der Waals surface area contributed by atoms with Gasteiger partial charge in [0, 0.05) is 17.6 Å². The highest BCUT2D eigenvalue weighted by Crippen LogP contribution is 2.14. The van der Waals surface area contributed by atoms with Crippen LogP contribution < -0.4 is 5.32 Å². The molecule has 0 saturated heterocycles. The van der Waals surface area contributed by atoms with Crippen molar-refractivity contribution in [2.24, 2.45) is 5.92 Å². The van der Waals surface area contributed by atoms with Crippen LogP contribution >= 0.6 is 11.3 Å². The first-order valence-electron chi connectivity index (χ1n) is 4.84. The summed E-state index contributed by atoms with van der Waals surface area (Å²) >= 11 is 1.66. The van der Waals surface area contributed by atoms with E-state index in [1.54, 1.807) is 11.3 Å². The standard InChI is InChI=1S/C10H18N2S/c1-8(2)4-5-9(3)12-10-11-6-7-13-10/h6-9H,4-5H2,1-3H3,(H,11,12). The summed E-state index contributed by atoms with van der Waals surface area (Å²) in [6, 6.07) is 0.536. The predicted octanol–water partition coefficient (Wildman–Crippen LogP) is 3.38. The Hall–Kier alpha value is -0.570. The summed E-state index contributed by atoms with van der Waals surface area (Å²) in [7, 11) is 0. The molecular formula is C10H18N2S. The van der Waals surface area contributed by atoms with Crippen molar-refractivity contribution in [2.45, 2.75) is 39.7 Å². The fraction of sp³-hybridized carbons (Fsp3) is 0.700. The first-order chi connectivity index (χ1) is 6.18. The van der Waals surface area contributed by atoms with Crippen LogP contribution in [-0.2, 0) is 0 Å². The number of nitrogens with zero attached hydrogens (tertiary/aromatic N) is 1. The average Bonchev–Trinajstić information content (AvgIpc) is 2.53. The van der Waals surface area contributed by atoms with Crippen LogP contribution in [-0.4, -0.2) is 11.0 Å². The summed E-state index contributed by atoms with van der Waals surface area (Å²) in [6.45, 7) is 6.73. The first kappa shape index (κ1) is 10.5. The van der Waals surface area contributed by atoms with E-state index in [2.05, 4.69) is 31.1 Å². The molecule has 1 aromatic heterocycles. The molecule has 0 aliphatic carbocycles. The first-order valence-corrected chi connectivity index (χ1v) is 5.72. The molecule has 1 heterocycles. The molecule has 0 fully saturated rings. The van der Waals surface area contributed by atoms with Crippen LogP contribution in [0.4, 0.5) is 5.13 Å². The summed E-state index contributed by atoms with van der Waals surface area (Å²) in [5, 5.41) is 6.42. The molecule has 1 rings (SSSR count). The Morgan fingerprint density at radius 3 is 2.69 bits per heavy atom. The van der Waals surface area contributed by atoms with Crippen molar-refractivity contribution < 1.29 is 0 Å². The third-order valence-corrected chi connectivity index (χ3v) is 2.68. The second-order valence-corrected chi connectivity index (χ2v) is 4.75. The van der Waals surface area contributed by atoms with Gasteiger partial charge in [0.15, 0.2) is 5.13 Å². The largest absolute Gasteiger partial charge is 0.359 e. The van der Waals surface area contributed by atoms with Crippen LogP contribution in [0.5, 0.6) is 0 Å². The topological polar surface area (TPSA) is 24.9 Å². The zero-order valence-electron chi connectivity index (χ0n) is 8.58. The number of hydrogen-bond donors (Lipinski definition) is 1. The number of rotatable bonds is 5. The third-order valence-electron chi connectivity index (χ3n) is 1.98. The molecule has 0 aromatic carbocycles. The van der Waals surface area contributed by atoms with Crippen LogP contribution in [0.2, 0.25) is 0 Å². The minimum Gasteiger partial charge on any atom is -0.359 e. The van der Waals surface area contributed by atoms with E-state index in [0.29, 0.717) is 6.04 Å². The lowest BCUT2D eigenvalue weighted by Gasteiger charge is -2.13. The second-order valence-electron chi connectivity index (χ2n) is 3.85. The zero-order chi connectivity index (χ0) is 9.68. The Bertz CT molecular complexity index is 219. The maximum Gasteiger partial charge on any atom is 0.182 e. The van der Waals surface area contributed by atoms with Crippen molar-refractivity contribution in [3.8, 4) is 0 Å². The van der Waals surface area contributed by atoms with Gasteiger partial charge in [-0.1, -0.05) is 13.8 Å². The van der Waals surface area contributed by atoms with Crippen molar-refractivity contribution in [3.63, 3.8) is 0 Å². The maximum atomic E-state index is 4.19. The SMILES string of the molecule is CC(C)CCC(C)Nc1nccs1. The molecule has 0 aliphatic rings. The maximum absolute atomic E-state index is 4.19. The van der Waals surface area contributed by atoms with Crippen molar-refractivity contribution in [1.82, 2.24) is 4.98 Å². The van der Waals surface area contributed by atoms with Gasteiger partial charge in [-0.2, -0.15) is 0 Å². The van der Waals surface area contributed by atoms with E-state index in [9.17, 15) is 0 Å². The molecule has 0 bridgehead atoms. The lowest BCUT2D eigenvalue weighted by Crippen LogP contribution is -2.15. The van der Waals surface area contributed by atoms with Gasteiger partial charge in [0.05, 0.1) is 0 Å². The number of nitrogens with one attached hydrogen (secondary N) is 1. The Morgan fingerprint density at radius 1 is 1.38 bits per heavy atom. The minimum atomic E-state index is 0.536. The fourth-order valence-electron chi connectivity index (χ4n) is 1.16. The Kier molecular flexibility index (Phi) is 4.22. The van der Waals surface area contributed by atoms with Crippen LogP contribution in [0.3, 0.4) is 0 Å². The van der Waals surface area contributed by atoms with Crippen LogP contribution in [0.1, 0.15) is 33.6 Å². The van der Waals surface area contributed by atoms with Crippen LogP contribution in [0.25, 0.3) is 0 Å². The fourth-order valence-corrected chi connectivity index (χ4v) is 1.80. The molecule has 1 atom stereocenters. The Balaban J connectivity index is 2.22. The zero-order valence-corrected chi connectivity index (χ0v) is 9.40. The van der Waals surface area contributed by atoms with Crippen molar-refractivity contribution >= 4 is 16.5 Å². The minimum absolute atomic E-state index is 0.536. The quantitative estimate of drug-likeness (QED) is 0.784. The van der Waals surface area contributed by atoms with Gasteiger partial charge in [-0.05, 0) is 25.7 Å². The molecule has 2 nitrogen and oxygen atoms in total. The van der Waals surface area contributed by atoms with E-state index < -0.39 is 0 Å². The molecule has 1 unspecified atom stereocenters. The highest BCUT2D eigenvalue weighted by molar-refractivity contribution is 7.13. The van der Waals surface area contributed by atoms with E-state index in [1.165, 1.54) is 12.8 Å². The van der Waals surface area contributed by atoms with Gasteiger partial charge in [-0.3, -0.25) is 0 Å². The van der Waals surface area contributed by atoms with Gasteiger partial charge in [0.2, 0.25) is 0 Å². The Morgan fingerprint density at radius 2 is 2.15 bits per heavy atom. The molecule has 74 valence electrons. The molecule has 3 heteroatoms. The Labute approximate surface area is 84.4 Å². The predicted molar refractivity (Wildman–Crippen MR) is 59.3 cm³/mol. The van der Waals surface area contributed by atoms with Crippen LogP contribution in [0, 0.1) is 5.92 Å². The van der Waals surface area contributed by atoms with Gasteiger partial charge in [-0.15, -0.1) is 11.3 Å². The number of anilines is 1. The monoisotopic (exact) mass is 198 g/mol. The molecule has 1 N–H and O–H groups in total. The van der Waals surface area contributed by atoms with Crippen molar-refractivity contribution in [3.05, 3.63) is 11.6 Å². The van der Waals surface area contributed by atoms with E-state index in [1.807, 2.05) is 11.6 Å². The average molecular weight is 198 g/mol. The van der Waals surface area contributed by atoms with Gasteiger partial charge in [0.25, 0.3) is 0 Å². The molecular weight excluding hydrogens is 180 g/mol. The van der Waals surface area contributed by atoms with Gasteiger partial charge in [-0.25, -0.2) is 4.98 Å². The van der Waals surface area contributed by atoms with Crippen molar-refractivity contribution in [1.29, 1.82) is 0 Å². The summed E-state index contributed by atoms with van der Waals surface area (Å²) in [6.07, 6.45) is 4.33. The molecule has 0 amide bonds. The summed E-state index contributed by atoms with van der Waals surface area (Å²) in [5.74, 6) is 0.792. The summed E-state index contributed by atoms with van der Waals surface area (Å²) in [5.41, 5.74) is 0.